The maximum Gasteiger partial charge on any atom is 0.303 e. The number of ether oxygens (including phenoxy) is 1. The van der Waals surface area contributed by atoms with Crippen LogP contribution in [0.25, 0.3) is 11.6 Å². The molecule has 2 aliphatic heterocycles. The van der Waals surface area contributed by atoms with Gasteiger partial charge in [0.1, 0.15) is 5.75 Å². The molecule has 0 bridgehead atoms. The van der Waals surface area contributed by atoms with Crippen molar-refractivity contribution in [2.24, 2.45) is 0 Å². The number of rotatable bonds is 5. The van der Waals surface area contributed by atoms with Gasteiger partial charge in [0.05, 0.1) is 24.5 Å². The van der Waals surface area contributed by atoms with Gasteiger partial charge in [-0.1, -0.05) is 18.2 Å². The van der Waals surface area contributed by atoms with E-state index in [9.17, 15) is 4.79 Å². The number of nitrogens with one attached hydrogen (secondary N) is 1. The minimum atomic E-state index is -0.782. The van der Waals surface area contributed by atoms with Crippen molar-refractivity contribution < 1.29 is 14.6 Å². The zero-order valence-electron chi connectivity index (χ0n) is 13.8. The molecule has 6 nitrogen and oxygen atoms in total. The van der Waals surface area contributed by atoms with E-state index >= 15 is 0 Å². The maximum atomic E-state index is 11.0. The zero-order valence-corrected chi connectivity index (χ0v) is 13.8. The summed E-state index contributed by atoms with van der Waals surface area (Å²) in [5.41, 5.74) is 7.63. The molecule has 1 aromatic carbocycles. The first kappa shape index (κ1) is 15.4. The van der Waals surface area contributed by atoms with Crippen molar-refractivity contribution in [1.82, 2.24) is 9.69 Å². The van der Waals surface area contributed by atoms with Crippen LogP contribution in [0.4, 0.5) is 0 Å². The Bertz CT molecular complexity index is 864. The van der Waals surface area contributed by atoms with Crippen LogP contribution in [0.3, 0.4) is 0 Å². The van der Waals surface area contributed by atoms with Crippen molar-refractivity contribution >= 4 is 17.6 Å². The van der Waals surface area contributed by atoms with Crippen molar-refractivity contribution in [3.05, 3.63) is 65.6 Å². The highest BCUT2D eigenvalue weighted by molar-refractivity contribution is 5.87. The highest BCUT2D eigenvalue weighted by atomic mass is 16.5. The quantitative estimate of drug-likeness (QED) is 0.878. The van der Waals surface area contributed by atoms with E-state index in [0.717, 1.165) is 28.3 Å². The van der Waals surface area contributed by atoms with Gasteiger partial charge in [-0.25, -0.2) is 10.2 Å². The van der Waals surface area contributed by atoms with E-state index < -0.39 is 5.97 Å². The normalized spacial score (nSPS) is 18.0. The third kappa shape index (κ3) is 2.76. The number of hydrogen-bond donors (Lipinski definition) is 2. The minimum absolute atomic E-state index is 0.0185. The van der Waals surface area contributed by atoms with Crippen LogP contribution in [-0.4, -0.2) is 33.9 Å². The standard InChI is InChI=1S/C19H19N3O3/c1-25-16-7-4-13(5-8-16)17-11-15(6-9-19(23)24)22-18(17)12-14-3-2-10-21(14)20-22/h2-5,7-8,10-12,15,20H,6,9H2,1H3,(H,23,24). The number of carbonyl (C=O) groups is 1. The lowest BCUT2D eigenvalue weighted by molar-refractivity contribution is -0.137. The van der Waals surface area contributed by atoms with Crippen LogP contribution in [-0.2, 0) is 4.79 Å². The number of aliphatic carboxylic acids is 1. The molecular weight excluding hydrogens is 318 g/mol. The van der Waals surface area contributed by atoms with Crippen LogP contribution in [0.5, 0.6) is 5.75 Å². The van der Waals surface area contributed by atoms with Crippen LogP contribution in [0.1, 0.15) is 24.1 Å². The second kappa shape index (κ2) is 6.05. The number of carboxylic acid groups (broad SMARTS) is 1. The van der Waals surface area contributed by atoms with Gasteiger partial charge in [0.25, 0.3) is 0 Å². The first-order valence-electron chi connectivity index (χ1n) is 8.19. The predicted molar refractivity (Wildman–Crippen MR) is 95.2 cm³/mol. The number of carboxylic acids is 1. The predicted octanol–water partition coefficient (Wildman–Crippen LogP) is 2.94. The molecule has 0 amide bonds. The van der Waals surface area contributed by atoms with Crippen molar-refractivity contribution in [3.8, 4) is 5.75 Å². The smallest absolute Gasteiger partial charge is 0.303 e. The molecule has 3 heterocycles. The van der Waals surface area contributed by atoms with Gasteiger partial charge >= 0.3 is 5.97 Å². The average Bonchev–Trinajstić information content (AvgIpc) is 3.22. The highest BCUT2D eigenvalue weighted by Gasteiger charge is 2.32. The monoisotopic (exact) mass is 337 g/mol. The van der Waals surface area contributed by atoms with Crippen molar-refractivity contribution in [2.45, 2.75) is 18.9 Å². The van der Waals surface area contributed by atoms with Gasteiger partial charge in [0, 0.05) is 18.2 Å². The summed E-state index contributed by atoms with van der Waals surface area (Å²) in [7, 11) is 1.65. The summed E-state index contributed by atoms with van der Waals surface area (Å²) in [6.45, 7) is 0. The summed E-state index contributed by atoms with van der Waals surface area (Å²) >= 11 is 0. The molecule has 6 heteroatoms. The van der Waals surface area contributed by atoms with E-state index in [1.54, 1.807) is 7.11 Å². The van der Waals surface area contributed by atoms with Crippen LogP contribution >= 0.6 is 0 Å². The molecule has 128 valence electrons. The molecule has 4 rings (SSSR count). The molecule has 0 fully saturated rings. The second-order valence-electron chi connectivity index (χ2n) is 6.11. The van der Waals surface area contributed by atoms with E-state index in [2.05, 4.69) is 17.7 Å². The summed E-state index contributed by atoms with van der Waals surface area (Å²) in [6.07, 6.45) is 6.86. The Labute approximate surface area is 145 Å². The Morgan fingerprint density at radius 3 is 2.80 bits per heavy atom. The summed E-state index contributed by atoms with van der Waals surface area (Å²) in [5, 5.41) is 11.1. The summed E-state index contributed by atoms with van der Waals surface area (Å²) in [6, 6.07) is 11.9. The number of methoxy groups -OCH3 is 1. The van der Waals surface area contributed by atoms with E-state index in [-0.39, 0.29) is 12.5 Å². The average molecular weight is 337 g/mol. The van der Waals surface area contributed by atoms with Gasteiger partial charge in [0.2, 0.25) is 0 Å². The Balaban J connectivity index is 1.71. The molecule has 0 spiro atoms. The summed E-state index contributed by atoms with van der Waals surface area (Å²) in [5.74, 6) is 0.0294. The Kier molecular flexibility index (Phi) is 3.72. The zero-order chi connectivity index (χ0) is 17.4. The number of fused-ring (bicyclic) bond motifs is 2. The van der Waals surface area contributed by atoms with E-state index in [0.29, 0.717) is 6.42 Å². The molecule has 1 aromatic heterocycles. The molecule has 1 unspecified atom stereocenters. The SMILES string of the molecule is COc1ccc(C2=CC(CCC(=O)O)N3Nn4cccc4C=C23)cc1. The van der Waals surface area contributed by atoms with Crippen LogP contribution in [0.2, 0.25) is 0 Å². The summed E-state index contributed by atoms with van der Waals surface area (Å²) in [4.78, 5) is 11.0. The molecule has 2 aromatic rings. The molecule has 2 aliphatic rings. The van der Waals surface area contributed by atoms with Crippen LogP contribution in [0.15, 0.2) is 54.4 Å². The molecule has 25 heavy (non-hydrogen) atoms. The first-order valence-corrected chi connectivity index (χ1v) is 8.19. The van der Waals surface area contributed by atoms with Gasteiger partial charge in [-0.05, 0) is 42.3 Å². The van der Waals surface area contributed by atoms with Gasteiger partial charge in [0.15, 0.2) is 0 Å². The molecule has 1 atom stereocenters. The number of benzene rings is 1. The third-order valence-corrected chi connectivity index (χ3v) is 4.56. The number of hydrazine groups is 1. The maximum absolute atomic E-state index is 11.0. The van der Waals surface area contributed by atoms with Crippen molar-refractivity contribution in [3.63, 3.8) is 0 Å². The summed E-state index contributed by atoms with van der Waals surface area (Å²) < 4.78 is 7.17. The molecule has 0 saturated carbocycles. The lowest BCUT2D eigenvalue weighted by Crippen LogP contribution is -2.41. The van der Waals surface area contributed by atoms with Gasteiger partial charge < -0.3 is 9.84 Å². The van der Waals surface area contributed by atoms with Gasteiger partial charge in [-0.2, -0.15) is 0 Å². The molecule has 2 N–H and O–H groups in total. The van der Waals surface area contributed by atoms with Crippen LogP contribution < -0.4 is 10.3 Å². The van der Waals surface area contributed by atoms with E-state index in [1.807, 2.05) is 52.3 Å². The van der Waals surface area contributed by atoms with E-state index in [1.165, 1.54) is 0 Å². The molecule has 0 radical (unpaired) electrons. The fourth-order valence-corrected chi connectivity index (χ4v) is 3.29. The fraction of sp³-hybridized carbons (Fsp3) is 0.211. The largest absolute Gasteiger partial charge is 0.497 e. The van der Waals surface area contributed by atoms with Crippen LogP contribution in [0, 0.1) is 0 Å². The highest BCUT2D eigenvalue weighted by Crippen LogP contribution is 2.38. The lowest BCUT2D eigenvalue weighted by atomic mass is 10.0. The second-order valence-corrected chi connectivity index (χ2v) is 6.11. The molecular formula is C19H19N3O3. The molecule has 0 saturated heterocycles. The fourth-order valence-electron chi connectivity index (χ4n) is 3.29. The Morgan fingerprint density at radius 1 is 1.28 bits per heavy atom. The minimum Gasteiger partial charge on any atom is -0.497 e. The topological polar surface area (TPSA) is 66.7 Å². The third-order valence-electron chi connectivity index (χ3n) is 4.56. The van der Waals surface area contributed by atoms with Gasteiger partial charge in [-0.15, -0.1) is 0 Å². The number of aromatic nitrogens is 1. The van der Waals surface area contributed by atoms with Crippen molar-refractivity contribution in [1.29, 1.82) is 0 Å². The first-order chi connectivity index (χ1) is 12.2. The van der Waals surface area contributed by atoms with Crippen molar-refractivity contribution in [2.75, 3.05) is 12.6 Å². The van der Waals surface area contributed by atoms with E-state index in [4.69, 9.17) is 9.84 Å². The Hall–Kier alpha value is -3.15. The number of hydrogen-bond acceptors (Lipinski definition) is 4. The Morgan fingerprint density at radius 2 is 2.08 bits per heavy atom. The van der Waals surface area contributed by atoms with Gasteiger partial charge in [-0.3, -0.25) is 9.80 Å². The lowest BCUT2D eigenvalue weighted by Gasteiger charge is -2.33. The molecule has 0 aliphatic carbocycles. The number of nitrogens with zero attached hydrogens (tertiary/aromatic N) is 2. The number of allylic oxidation sites excluding steroid dienone is 1.